The Morgan fingerprint density at radius 2 is 1.71 bits per heavy atom. The van der Waals surface area contributed by atoms with E-state index in [1.54, 1.807) is 7.05 Å². The van der Waals surface area contributed by atoms with Crippen LogP contribution in [0.5, 0.6) is 5.75 Å². The average Bonchev–Trinajstić information content (AvgIpc) is 3.09. The zero-order chi connectivity index (χ0) is 20.3. The highest BCUT2D eigenvalue weighted by molar-refractivity contribution is 5.71. The fourth-order valence-electron chi connectivity index (χ4n) is 3.29. The Hall–Kier alpha value is -2.87. The van der Waals surface area contributed by atoms with Gasteiger partial charge in [-0.1, -0.05) is 32.0 Å². The monoisotopic (exact) mass is 385 g/mol. The number of fused-ring (bicyclic) bond motifs is 1. The van der Waals surface area contributed by atoms with E-state index in [4.69, 9.17) is 4.74 Å². The lowest BCUT2D eigenvalue weighted by Crippen LogP contribution is -2.38. The molecular weight excluding hydrogens is 358 g/mol. The number of benzene rings is 1. The maximum Gasteiger partial charge on any atom is 0.332 e. The summed E-state index contributed by atoms with van der Waals surface area (Å²) in [7, 11) is 3.12. The second-order valence-corrected chi connectivity index (χ2v) is 6.69. The van der Waals surface area contributed by atoms with Crippen molar-refractivity contribution < 1.29 is 4.74 Å². The first-order chi connectivity index (χ1) is 13.5. The van der Waals surface area contributed by atoms with Crippen molar-refractivity contribution in [3.8, 4) is 5.75 Å². The van der Waals surface area contributed by atoms with Crippen molar-refractivity contribution in [3.05, 3.63) is 57.0 Å². The van der Waals surface area contributed by atoms with Crippen LogP contribution in [0.15, 0.2) is 39.9 Å². The lowest BCUT2D eigenvalue weighted by Gasteiger charge is -2.19. The van der Waals surface area contributed by atoms with Gasteiger partial charge in [0.25, 0.3) is 5.56 Å². The SMILES string of the molecule is CCN(CC)CCn1c(COc2ccccc2)nc2c1c(=O)n(C)c(=O)n2C. The summed E-state index contributed by atoms with van der Waals surface area (Å²) in [6, 6.07) is 9.47. The first kappa shape index (κ1) is 19.9. The Morgan fingerprint density at radius 1 is 1.04 bits per heavy atom. The Morgan fingerprint density at radius 3 is 2.36 bits per heavy atom. The van der Waals surface area contributed by atoms with Crippen LogP contribution in [0.2, 0.25) is 0 Å². The first-order valence-electron chi connectivity index (χ1n) is 9.53. The minimum Gasteiger partial charge on any atom is -0.486 e. The van der Waals surface area contributed by atoms with Gasteiger partial charge in [0.05, 0.1) is 0 Å². The van der Waals surface area contributed by atoms with E-state index in [1.165, 1.54) is 11.6 Å². The minimum atomic E-state index is -0.388. The Balaban J connectivity index is 2.06. The second kappa shape index (κ2) is 8.43. The summed E-state index contributed by atoms with van der Waals surface area (Å²) in [5, 5.41) is 0. The van der Waals surface area contributed by atoms with E-state index >= 15 is 0 Å². The molecule has 0 unspecified atom stereocenters. The van der Waals surface area contributed by atoms with Gasteiger partial charge in [-0.3, -0.25) is 13.9 Å². The van der Waals surface area contributed by atoms with Gasteiger partial charge < -0.3 is 14.2 Å². The van der Waals surface area contributed by atoms with E-state index in [0.29, 0.717) is 23.5 Å². The lowest BCUT2D eigenvalue weighted by molar-refractivity contribution is 0.271. The van der Waals surface area contributed by atoms with Crippen molar-refractivity contribution in [2.24, 2.45) is 14.1 Å². The predicted molar refractivity (Wildman–Crippen MR) is 109 cm³/mol. The quantitative estimate of drug-likeness (QED) is 0.585. The normalized spacial score (nSPS) is 11.5. The molecule has 0 atom stereocenters. The van der Waals surface area contributed by atoms with E-state index < -0.39 is 0 Å². The number of imidazole rings is 1. The maximum absolute atomic E-state index is 12.8. The molecule has 0 aliphatic rings. The van der Waals surface area contributed by atoms with Crippen molar-refractivity contribution in [2.45, 2.75) is 27.0 Å². The van der Waals surface area contributed by atoms with Crippen LogP contribution in [-0.2, 0) is 27.2 Å². The van der Waals surface area contributed by atoms with Crippen LogP contribution in [0.3, 0.4) is 0 Å². The van der Waals surface area contributed by atoms with Gasteiger partial charge in [-0.15, -0.1) is 0 Å². The van der Waals surface area contributed by atoms with Crippen molar-refractivity contribution in [3.63, 3.8) is 0 Å². The molecule has 0 bridgehead atoms. The zero-order valence-electron chi connectivity index (χ0n) is 16.9. The molecule has 0 amide bonds. The number of para-hydroxylation sites is 1. The molecule has 0 fully saturated rings. The number of hydrogen-bond acceptors (Lipinski definition) is 5. The van der Waals surface area contributed by atoms with Crippen molar-refractivity contribution >= 4 is 11.2 Å². The highest BCUT2D eigenvalue weighted by Gasteiger charge is 2.19. The van der Waals surface area contributed by atoms with Crippen molar-refractivity contribution in [1.82, 2.24) is 23.6 Å². The van der Waals surface area contributed by atoms with Crippen molar-refractivity contribution in [1.29, 1.82) is 0 Å². The van der Waals surface area contributed by atoms with Crippen LogP contribution in [0.1, 0.15) is 19.7 Å². The largest absolute Gasteiger partial charge is 0.486 e. The molecule has 0 radical (unpaired) electrons. The highest BCUT2D eigenvalue weighted by Crippen LogP contribution is 2.15. The molecule has 2 aromatic heterocycles. The molecule has 3 aromatic rings. The van der Waals surface area contributed by atoms with E-state index in [-0.39, 0.29) is 17.9 Å². The van der Waals surface area contributed by atoms with Gasteiger partial charge in [-0.05, 0) is 25.2 Å². The molecular formula is C20H27N5O3. The predicted octanol–water partition coefficient (Wildman–Crippen LogP) is 1.35. The number of nitrogens with zero attached hydrogens (tertiary/aromatic N) is 5. The molecule has 0 saturated carbocycles. The van der Waals surface area contributed by atoms with Gasteiger partial charge in [0.2, 0.25) is 0 Å². The third kappa shape index (κ3) is 3.73. The summed E-state index contributed by atoms with van der Waals surface area (Å²) in [5.41, 5.74) is 0.0975. The van der Waals surface area contributed by atoms with Crippen LogP contribution in [-0.4, -0.2) is 43.2 Å². The fourth-order valence-corrected chi connectivity index (χ4v) is 3.29. The summed E-state index contributed by atoms with van der Waals surface area (Å²) in [6.45, 7) is 7.66. The highest BCUT2D eigenvalue weighted by atomic mass is 16.5. The van der Waals surface area contributed by atoms with E-state index in [1.807, 2.05) is 34.9 Å². The van der Waals surface area contributed by atoms with Gasteiger partial charge in [0, 0.05) is 27.2 Å². The molecule has 3 rings (SSSR count). The number of likely N-dealkylation sites (N-methyl/N-ethyl adjacent to an activating group) is 1. The summed E-state index contributed by atoms with van der Waals surface area (Å²) >= 11 is 0. The summed E-state index contributed by atoms with van der Waals surface area (Å²) in [5.74, 6) is 1.36. The zero-order valence-corrected chi connectivity index (χ0v) is 16.9. The Bertz CT molecular complexity index is 1060. The fraction of sp³-hybridized carbons (Fsp3) is 0.450. The molecule has 0 spiro atoms. The minimum absolute atomic E-state index is 0.217. The molecule has 0 aliphatic carbocycles. The average molecular weight is 385 g/mol. The smallest absolute Gasteiger partial charge is 0.332 e. The van der Waals surface area contributed by atoms with Gasteiger partial charge in [-0.25, -0.2) is 9.78 Å². The molecule has 0 N–H and O–H groups in total. The molecule has 2 heterocycles. The summed E-state index contributed by atoms with van der Waals surface area (Å²) in [4.78, 5) is 32.0. The number of aromatic nitrogens is 4. The van der Waals surface area contributed by atoms with Crippen LogP contribution in [0.4, 0.5) is 0 Å². The summed E-state index contributed by atoms with van der Waals surface area (Å²) in [6.07, 6.45) is 0. The summed E-state index contributed by atoms with van der Waals surface area (Å²) < 4.78 is 10.3. The second-order valence-electron chi connectivity index (χ2n) is 6.69. The molecule has 150 valence electrons. The molecule has 0 aliphatic heterocycles. The third-order valence-electron chi connectivity index (χ3n) is 5.07. The van der Waals surface area contributed by atoms with Crippen LogP contribution in [0, 0.1) is 0 Å². The number of ether oxygens (including phenoxy) is 1. The molecule has 8 nitrogen and oxygen atoms in total. The number of rotatable bonds is 8. The molecule has 0 saturated heterocycles. The molecule has 8 heteroatoms. The van der Waals surface area contributed by atoms with Crippen LogP contribution < -0.4 is 16.0 Å². The standard InChI is InChI=1S/C20H27N5O3/c1-5-24(6-2)12-13-25-16(14-28-15-10-8-7-9-11-15)21-18-17(25)19(26)23(4)20(27)22(18)3/h7-11H,5-6,12-14H2,1-4H3. The van der Waals surface area contributed by atoms with E-state index in [0.717, 1.165) is 30.0 Å². The third-order valence-corrected chi connectivity index (χ3v) is 5.07. The van der Waals surface area contributed by atoms with Gasteiger partial charge in [-0.2, -0.15) is 0 Å². The molecule has 1 aromatic carbocycles. The Kier molecular flexibility index (Phi) is 5.99. The maximum atomic E-state index is 12.8. The van der Waals surface area contributed by atoms with Crippen molar-refractivity contribution in [2.75, 3.05) is 19.6 Å². The number of aryl methyl sites for hydroxylation is 1. The number of hydrogen-bond donors (Lipinski definition) is 0. The van der Waals surface area contributed by atoms with Gasteiger partial charge in [0.1, 0.15) is 18.2 Å². The van der Waals surface area contributed by atoms with Gasteiger partial charge >= 0.3 is 5.69 Å². The Labute approximate surface area is 163 Å². The topological polar surface area (TPSA) is 74.3 Å². The van der Waals surface area contributed by atoms with E-state index in [9.17, 15) is 9.59 Å². The van der Waals surface area contributed by atoms with Crippen LogP contribution in [0.25, 0.3) is 11.2 Å². The first-order valence-corrected chi connectivity index (χ1v) is 9.53. The van der Waals surface area contributed by atoms with Gasteiger partial charge in [0.15, 0.2) is 11.2 Å². The lowest BCUT2D eigenvalue weighted by atomic mass is 10.3. The van der Waals surface area contributed by atoms with Crippen LogP contribution >= 0.6 is 0 Å². The van der Waals surface area contributed by atoms with E-state index in [2.05, 4.69) is 23.7 Å². The molecule has 28 heavy (non-hydrogen) atoms.